The third kappa shape index (κ3) is 4.96. The summed E-state index contributed by atoms with van der Waals surface area (Å²) in [6.45, 7) is 2.78. The quantitative estimate of drug-likeness (QED) is 0.186. The highest BCUT2D eigenvalue weighted by atomic mass is 32.1. The molecule has 1 fully saturated rings. The molecule has 11 nitrogen and oxygen atoms in total. The average molecular weight is 482 g/mol. The Morgan fingerprint density at radius 3 is 2.29 bits per heavy atom. The van der Waals surface area contributed by atoms with E-state index in [0.717, 1.165) is 23.2 Å². The Hall–Kier alpha value is -4.45. The topological polar surface area (TPSA) is 164 Å². The molecule has 2 heterocycles. The maximum atomic E-state index is 12.9. The monoisotopic (exact) mass is 482 g/mol. The van der Waals surface area contributed by atoms with Crippen molar-refractivity contribution in [3.63, 3.8) is 0 Å². The summed E-state index contributed by atoms with van der Waals surface area (Å²) in [5.41, 5.74) is 0.277. The molecule has 2 N–H and O–H groups in total. The zero-order chi connectivity index (χ0) is 25.0. The molecule has 0 saturated carbocycles. The van der Waals surface area contributed by atoms with Crippen LogP contribution in [0.25, 0.3) is 5.76 Å². The predicted molar refractivity (Wildman–Crippen MR) is 122 cm³/mol. The number of Topliss-reactive ketones (excluding diaryl/α,β-unsaturated/α-hetero) is 1. The second-order valence-corrected chi connectivity index (χ2v) is 8.17. The minimum atomic E-state index is -1.09. The summed E-state index contributed by atoms with van der Waals surface area (Å²) in [4.78, 5) is 46.6. The lowest BCUT2D eigenvalue weighted by Crippen LogP contribution is -2.29. The molecule has 174 valence electrons. The van der Waals surface area contributed by atoms with Crippen LogP contribution in [0.2, 0.25) is 0 Å². The number of aryl methyl sites for hydroxylation is 1. The largest absolute Gasteiger partial charge is 0.507 e. The standard InChI is InChI=1S/C20H14N4O5S.C2H4O2/c1-11-21-22-20(30-11)23-16(13-8-5-9-14(10-13)24(28)29)15(18(26)19(23)27)17(25)12-6-3-2-4-7-12;1-2(3)4/h2-10,16,25H,1H3;1H3,(H,3,4)/b17-15+;. The molecule has 1 aromatic heterocycles. The lowest BCUT2D eigenvalue weighted by Gasteiger charge is -2.22. The van der Waals surface area contributed by atoms with Gasteiger partial charge in [0.2, 0.25) is 5.13 Å². The smallest absolute Gasteiger partial charge is 0.301 e. The van der Waals surface area contributed by atoms with Crippen LogP contribution in [-0.2, 0) is 14.4 Å². The number of aliphatic carboxylic acids is 1. The van der Waals surface area contributed by atoms with Crippen molar-refractivity contribution in [1.29, 1.82) is 0 Å². The van der Waals surface area contributed by atoms with Gasteiger partial charge in [0.1, 0.15) is 10.8 Å². The van der Waals surface area contributed by atoms with Crippen LogP contribution >= 0.6 is 11.3 Å². The molecule has 1 aliphatic heterocycles. The lowest BCUT2D eigenvalue weighted by atomic mass is 9.95. The highest BCUT2D eigenvalue weighted by Crippen LogP contribution is 2.43. The molecule has 0 spiro atoms. The summed E-state index contributed by atoms with van der Waals surface area (Å²) >= 11 is 1.10. The Labute approximate surface area is 196 Å². The van der Waals surface area contributed by atoms with Gasteiger partial charge in [-0.1, -0.05) is 53.8 Å². The Morgan fingerprint density at radius 1 is 1.09 bits per heavy atom. The van der Waals surface area contributed by atoms with E-state index in [0.29, 0.717) is 16.1 Å². The van der Waals surface area contributed by atoms with Crippen molar-refractivity contribution >= 4 is 45.6 Å². The van der Waals surface area contributed by atoms with Crippen molar-refractivity contribution in [2.45, 2.75) is 19.9 Å². The maximum Gasteiger partial charge on any atom is 0.301 e. The first-order valence-electron chi connectivity index (χ1n) is 9.72. The molecular formula is C22H18N4O7S. The number of nitro benzene ring substituents is 1. The zero-order valence-corrected chi connectivity index (χ0v) is 18.7. The van der Waals surface area contributed by atoms with E-state index in [1.54, 1.807) is 43.3 Å². The van der Waals surface area contributed by atoms with Crippen molar-refractivity contribution in [2.24, 2.45) is 0 Å². The van der Waals surface area contributed by atoms with Crippen molar-refractivity contribution in [2.75, 3.05) is 4.90 Å². The van der Waals surface area contributed by atoms with Crippen LogP contribution in [0.1, 0.15) is 29.1 Å². The van der Waals surface area contributed by atoms with Crippen molar-refractivity contribution in [3.8, 4) is 0 Å². The number of non-ortho nitro benzene ring substituents is 1. The molecule has 2 aromatic carbocycles. The van der Waals surface area contributed by atoms with E-state index in [9.17, 15) is 24.8 Å². The third-order valence-electron chi connectivity index (χ3n) is 4.61. The van der Waals surface area contributed by atoms with Gasteiger partial charge in [-0.15, -0.1) is 10.2 Å². The molecule has 4 rings (SSSR count). The summed E-state index contributed by atoms with van der Waals surface area (Å²) in [5.74, 6) is -2.99. The minimum absolute atomic E-state index is 0.165. The molecule has 1 amide bonds. The molecule has 0 bridgehead atoms. The maximum absolute atomic E-state index is 12.9. The van der Waals surface area contributed by atoms with E-state index < -0.39 is 28.6 Å². The number of aliphatic hydroxyl groups is 1. The number of nitro groups is 1. The van der Waals surface area contributed by atoms with Gasteiger partial charge in [0.25, 0.3) is 17.4 Å². The number of carboxylic acid groups (broad SMARTS) is 1. The molecule has 12 heteroatoms. The van der Waals surface area contributed by atoms with Crippen molar-refractivity contribution in [3.05, 3.63) is 86.4 Å². The fourth-order valence-corrected chi connectivity index (χ4v) is 4.00. The highest BCUT2D eigenvalue weighted by Gasteiger charge is 2.48. The van der Waals surface area contributed by atoms with Crippen LogP contribution in [0.15, 0.2) is 60.2 Å². The van der Waals surface area contributed by atoms with E-state index in [2.05, 4.69) is 10.2 Å². The first-order valence-corrected chi connectivity index (χ1v) is 10.5. The summed E-state index contributed by atoms with van der Waals surface area (Å²) in [6, 6.07) is 12.8. The number of carbonyl (C=O) groups excluding carboxylic acids is 2. The number of hydrogen-bond donors (Lipinski definition) is 2. The molecule has 0 radical (unpaired) electrons. The third-order valence-corrected chi connectivity index (χ3v) is 5.45. The molecular weight excluding hydrogens is 464 g/mol. The van der Waals surface area contributed by atoms with E-state index in [1.807, 2.05) is 0 Å². The van der Waals surface area contributed by atoms with Gasteiger partial charge >= 0.3 is 5.91 Å². The molecule has 1 saturated heterocycles. The van der Waals surface area contributed by atoms with Gasteiger partial charge in [-0.2, -0.15) is 0 Å². The van der Waals surface area contributed by atoms with Gasteiger partial charge in [-0.05, 0) is 12.5 Å². The van der Waals surface area contributed by atoms with Gasteiger partial charge in [0.05, 0.1) is 16.5 Å². The number of carboxylic acids is 1. The Kier molecular flexibility index (Phi) is 7.12. The number of ketones is 1. The SMILES string of the molecule is CC(=O)O.Cc1nnc(N2C(=O)C(=O)/C(=C(/O)c3ccccc3)C2c2cccc([N+](=O)[O-])c2)s1. The van der Waals surface area contributed by atoms with E-state index in [4.69, 9.17) is 9.90 Å². The first-order chi connectivity index (χ1) is 16.1. The number of nitrogens with zero attached hydrogens (tertiary/aromatic N) is 4. The number of aromatic nitrogens is 2. The molecule has 1 atom stereocenters. The van der Waals surface area contributed by atoms with E-state index >= 15 is 0 Å². The average Bonchev–Trinajstić information content (AvgIpc) is 3.34. The van der Waals surface area contributed by atoms with E-state index in [-0.39, 0.29) is 22.2 Å². The number of rotatable bonds is 4. The minimum Gasteiger partial charge on any atom is -0.507 e. The van der Waals surface area contributed by atoms with Crippen molar-refractivity contribution in [1.82, 2.24) is 10.2 Å². The highest BCUT2D eigenvalue weighted by molar-refractivity contribution is 7.15. The lowest BCUT2D eigenvalue weighted by molar-refractivity contribution is -0.384. The molecule has 1 aliphatic rings. The van der Waals surface area contributed by atoms with Gasteiger partial charge in [0, 0.05) is 24.6 Å². The Balaban J connectivity index is 0.000000751. The van der Waals surface area contributed by atoms with Gasteiger partial charge < -0.3 is 10.2 Å². The number of hydrogen-bond acceptors (Lipinski definition) is 9. The second-order valence-electron chi connectivity index (χ2n) is 7.01. The van der Waals surface area contributed by atoms with Gasteiger partial charge in [0.15, 0.2) is 0 Å². The van der Waals surface area contributed by atoms with Crippen LogP contribution in [0.5, 0.6) is 0 Å². The van der Waals surface area contributed by atoms with Crippen molar-refractivity contribution < 1.29 is 29.5 Å². The van der Waals surface area contributed by atoms with E-state index in [1.165, 1.54) is 18.2 Å². The summed E-state index contributed by atoms with van der Waals surface area (Å²) < 4.78 is 0. The van der Waals surface area contributed by atoms with Gasteiger partial charge in [-0.25, -0.2) is 0 Å². The van der Waals surface area contributed by atoms with Crippen LogP contribution in [-0.4, -0.2) is 43.0 Å². The zero-order valence-electron chi connectivity index (χ0n) is 17.9. The molecule has 0 aliphatic carbocycles. The van der Waals surface area contributed by atoms with Gasteiger partial charge in [-0.3, -0.25) is 29.4 Å². The number of benzene rings is 2. The Bertz CT molecular complexity index is 1300. The summed E-state index contributed by atoms with van der Waals surface area (Å²) in [7, 11) is 0. The van der Waals surface area contributed by atoms with Crippen LogP contribution in [0, 0.1) is 17.0 Å². The number of aliphatic hydroxyl groups excluding tert-OH is 1. The predicted octanol–water partition coefficient (Wildman–Crippen LogP) is 3.47. The van der Waals surface area contributed by atoms with Crippen LogP contribution < -0.4 is 4.90 Å². The molecule has 3 aromatic rings. The number of amides is 1. The normalized spacial score (nSPS) is 16.6. The fourth-order valence-electron chi connectivity index (χ4n) is 3.29. The molecule has 1 unspecified atom stereocenters. The summed E-state index contributed by atoms with van der Waals surface area (Å²) in [5, 5.41) is 38.2. The first kappa shape index (κ1) is 24.2. The Morgan fingerprint density at radius 2 is 1.74 bits per heavy atom. The van der Waals surface area contributed by atoms with Crippen LogP contribution in [0.3, 0.4) is 0 Å². The molecule has 34 heavy (non-hydrogen) atoms. The summed E-state index contributed by atoms with van der Waals surface area (Å²) in [6.07, 6.45) is 0. The number of anilines is 1. The fraction of sp³-hybridized carbons (Fsp3) is 0.136. The second kappa shape index (κ2) is 10.0. The van der Waals surface area contributed by atoms with Crippen LogP contribution in [0.4, 0.5) is 10.8 Å². The number of carbonyl (C=O) groups is 3.